The Morgan fingerprint density at radius 2 is 0.553 bits per heavy atom. The molecule has 6 rings (SSSR count). The van der Waals surface area contributed by atoms with Crippen molar-refractivity contribution in [2.75, 3.05) is 7.05 Å². The topological polar surface area (TPSA) is 198 Å². The molecule has 0 bridgehead atoms. The SMILES string of the molecule is C[N+](=O)[O-].II.I[I-]I.[I-].[Mn+2].c1cnc(-c2ncccn2)nc1.c1cnc(-c2ncccn2)nc1.c1cnc(-c2ncccn2)nc1. The van der Waals surface area contributed by atoms with E-state index in [0.717, 1.165) is 7.05 Å². The fourth-order valence-electron chi connectivity index (χ4n) is 2.49. The Balaban J connectivity index is 0. The van der Waals surface area contributed by atoms with Gasteiger partial charge >= 0.3 is 67.6 Å². The Morgan fingerprint density at radius 1 is 0.468 bits per heavy atom. The van der Waals surface area contributed by atoms with Crippen molar-refractivity contribution in [1.82, 2.24) is 59.8 Å². The van der Waals surface area contributed by atoms with Crippen molar-refractivity contribution < 1.29 is 59.2 Å². The number of halogens is 6. The second-order valence-electron chi connectivity index (χ2n) is 6.93. The Morgan fingerprint density at radius 3 is 0.638 bits per heavy atom. The van der Waals surface area contributed by atoms with Gasteiger partial charge < -0.3 is 24.0 Å². The number of nitrogens with zero attached hydrogens (tertiary/aromatic N) is 13. The number of aromatic nitrogens is 12. The summed E-state index contributed by atoms with van der Waals surface area (Å²) in [5.74, 6) is 3.32. The molecule has 6 heterocycles. The summed E-state index contributed by atoms with van der Waals surface area (Å²) in [5.41, 5.74) is 0. The maximum Gasteiger partial charge on any atom is 2.00 e. The van der Waals surface area contributed by atoms with Crippen LogP contribution in [0.3, 0.4) is 0 Å². The summed E-state index contributed by atoms with van der Waals surface area (Å²) in [7, 11) is 0.889. The average molecular weight is 1350 g/mol. The molecule has 0 fully saturated rings. The summed E-state index contributed by atoms with van der Waals surface area (Å²) >= 11 is 9.54. The molecule has 0 N–H and O–H groups in total. The number of hydrogen-bond acceptors (Lipinski definition) is 14. The average Bonchev–Trinajstić information content (AvgIpc) is 3.12. The van der Waals surface area contributed by atoms with E-state index in [4.69, 9.17) is 10.1 Å². The van der Waals surface area contributed by atoms with Crippen molar-refractivity contribution in [2.45, 2.75) is 0 Å². The predicted molar refractivity (Wildman–Crippen MR) is 198 cm³/mol. The molecule has 0 amide bonds. The van der Waals surface area contributed by atoms with E-state index in [1.165, 1.54) is 0 Å². The van der Waals surface area contributed by atoms with Gasteiger partial charge in [0, 0.05) is 117 Å². The standard InChI is InChI=1S/3C8H6N4.CH3NO2.I3.I2.HI.Mn/c3*1-3-9-7(10-4-1)8-11-5-2-6-12-8;1-2(3)4;1-3-2;1-2;;/h3*1-6H;1H3;;;1H;/q;;;;-1;;;+2/p-1. The minimum atomic E-state index is -0.500. The van der Waals surface area contributed by atoms with Gasteiger partial charge in [-0.05, 0) is 36.4 Å². The quantitative estimate of drug-likeness (QED) is 0.101. The zero-order chi connectivity index (χ0) is 33.0. The van der Waals surface area contributed by atoms with Gasteiger partial charge in [0.1, 0.15) is 0 Å². The molecule has 1 radical (unpaired) electrons. The van der Waals surface area contributed by atoms with Crippen LogP contribution in [-0.2, 0) is 17.1 Å². The summed E-state index contributed by atoms with van der Waals surface area (Å²) in [6.07, 6.45) is 20.0. The molecule has 0 saturated heterocycles. The third kappa shape index (κ3) is 23.7. The van der Waals surface area contributed by atoms with Crippen molar-refractivity contribution in [3.05, 3.63) is 121 Å². The van der Waals surface area contributed by atoms with Crippen LogP contribution in [0.2, 0.25) is 0 Å². The molecule has 22 heteroatoms. The van der Waals surface area contributed by atoms with E-state index >= 15 is 0 Å². The normalized spacial score (nSPS) is 8.53. The molecule has 0 aliphatic heterocycles. The predicted octanol–water partition coefficient (Wildman–Crippen LogP) is 0.242. The van der Waals surface area contributed by atoms with E-state index in [-0.39, 0.29) is 41.0 Å². The Hall–Kier alpha value is -1.22. The first-order chi connectivity index (χ1) is 22.0. The van der Waals surface area contributed by atoms with Crippen LogP contribution in [0.5, 0.6) is 0 Å². The molecule has 0 spiro atoms. The van der Waals surface area contributed by atoms with Crippen LogP contribution in [-0.4, -0.2) is 71.8 Å². The van der Waals surface area contributed by atoms with Gasteiger partial charge in [-0.3, -0.25) is 10.1 Å². The molecule has 0 atom stereocenters. The summed E-state index contributed by atoms with van der Waals surface area (Å²) < 4.78 is 0. The summed E-state index contributed by atoms with van der Waals surface area (Å²) in [4.78, 5) is 56.5. The first-order valence-electron chi connectivity index (χ1n) is 11.8. The first-order valence-corrected chi connectivity index (χ1v) is 30.6. The third-order valence-electron chi connectivity index (χ3n) is 3.99. The molecule has 0 unspecified atom stereocenters. The van der Waals surface area contributed by atoms with Crippen molar-refractivity contribution in [1.29, 1.82) is 0 Å². The molecule has 6 aromatic rings. The van der Waals surface area contributed by atoms with Crippen LogP contribution >= 0.6 is 74.5 Å². The third-order valence-corrected chi connectivity index (χ3v) is 3.99. The summed E-state index contributed by atoms with van der Waals surface area (Å²) in [6, 6.07) is 10.5. The molecule has 0 aliphatic carbocycles. The van der Waals surface area contributed by atoms with E-state index in [1.54, 1.807) is 111 Å². The van der Waals surface area contributed by atoms with Crippen LogP contribution < -0.4 is 37.2 Å². The van der Waals surface area contributed by atoms with Gasteiger partial charge in [-0.25, -0.2) is 59.8 Å². The van der Waals surface area contributed by atoms with Crippen molar-refractivity contribution in [3.63, 3.8) is 0 Å². The monoisotopic (exact) mass is 1350 g/mol. The molecular formula is C25H21I6MnN13O2. The second kappa shape index (κ2) is 33.3. The molecular weight excluding hydrogens is 1330 g/mol. The molecule has 0 aliphatic rings. The number of nitro groups is 1. The van der Waals surface area contributed by atoms with Gasteiger partial charge in [0.2, 0.25) is 0 Å². The fourth-order valence-corrected chi connectivity index (χ4v) is 2.49. The van der Waals surface area contributed by atoms with E-state index in [9.17, 15) is 0 Å². The van der Waals surface area contributed by atoms with Gasteiger partial charge in [0.05, 0.1) is 0 Å². The van der Waals surface area contributed by atoms with E-state index < -0.39 is 4.92 Å². The van der Waals surface area contributed by atoms with Crippen molar-refractivity contribution in [2.24, 2.45) is 0 Å². The van der Waals surface area contributed by atoms with Gasteiger partial charge in [-0.2, -0.15) is 0 Å². The molecule has 247 valence electrons. The fraction of sp³-hybridized carbons (Fsp3) is 0.0400. The zero-order valence-electron chi connectivity index (χ0n) is 23.7. The van der Waals surface area contributed by atoms with Crippen molar-refractivity contribution in [3.8, 4) is 34.9 Å². The Bertz CT molecular complexity index is 1260. The van der Waals surface area contributed by atoms with Gasteiger partial charge in [-0.15, -0.1) is 0 Å². The largest absolute Gasteiger partial charge is 2.00 e. The van der Waals surface area contributed by atoms with E-state index in [2.05, 4.69) is 134 Å². The van der Waals surface area contributed by atoms with Crippen molar-refractivity contribution >= 4 is 74.5 Å². The Labute approximate surface area is 351 Å². The van der Waals surface area contributed by atoms with Crippen LogP contribution in [0.15, 0.2) is 111 Å². The first kappa shape index (κ1) is 47.9. The number of hydrogen-bond donors (Lipinski definition) is 0. The summed E-state index contributed by atoms with van der Waals surface area (Å²) in [6.45, 7) is 0. The van der Waals surface area contributed by atoms with Crippen LogP contribution in [0.4, 0.5) is 0 Å². The smallest absolute Gasteiger partial charge is 1.00 e. The van der Waals surface area contributed by atoms with E-state index in [0.29, 0.717) is 48.2 Å². The molecule has 47 heavy (non-hydrogen) atoms. The maximum atomic E-state index is 8.81. The van der Waals surface area contributed by atoms with Gasteiger partial charge in [-0.1, -0.05) is 0 Å². The minimum absolute atomic E-state index is 0. The van der Waals surface area contributed by atoms with Crippen LogP contribution in [0, 0.1) is 10.1 Å². The number of rotatable bonds is 3. The molecule has 0 aromatic carbocycles. The molecule has 15 nitrogen and oxygen atoms in total. The van der Waals surface area contributed by atoms with Gasteiger partial charge in [0.15, 0.2) is 42.0 Å². The second-order valence-corrected chi connectivity index (χ2v) is 23.2. The zero-order valence-corrected chi connectivity index (χ0v) is 37.8. The summed E-state index contributed by atoms with van der Waals surface area (Å²) in [5, 5.41) is 8.81. The van der Waals surface area contributed by atoms with E-state index in [1.807, 2.05) is 0 Å². The Kier molecular flexibility index (Phi) is 33.9. The van der Waals surface area contributed by atoms with Crippen LogP contribution in [0.1, 0.15) is 0 Å². The maximum absolute atomic E-state index is 8.81. The minimum Gasteiger partial charge on any atom is -1.00 e. The molecule has 6 aromatic heterocycles. The van der Waals surface area contributed by atoms with Crippen LogP contribution in [0.25, 0.3) is 34.9 Å². The molecule has 0 saturated carbocycles. The van der Waals surface area contributed by atoms with Gasteiger partial charge in [0.25, 0.3) is 0 Å².